The predicted octanol–water partition coefficient (Wildman–Crippen LogP) is 3.10. The Bertz CT molecular complexity index is 161. The van der Waals surface area contributed by atoms with Crippen molar-refractivity contribution >= 4 is 0 Å². The first-order valence-corrected chi connectivity index (χ1v) is 7.21. The molecule has 1 aliphatic carbocycles. The molecule has 0 heterocycles. The van der Waals surface area contributed by atoms with Crippen molar-refractivity contribution in [3.05, 3.63) is 0 Å². The van der Waals surface area contributed by atoms with Crippen LogP contribution in [0, 0.1) is 5.92 Å². The maximum atomic E-state index is 8.67. The van der Waals surface area contributed by atoms with E-state index in [1.807, 2.05) is 0 Å². The molecule has 0 bridgehead atoms. The summed E-state index contributed by atoms with van der Waals surface area (Å²) in [5.74, 6) is 0.973. The summed E-state index contributed by atoms with van der Waals surface area (Å²) in [6.07, 6.45) is 11.7. The van der Waals surface area contributed by atoms with E-state index in [-0.39, 0.29) is 0 Å². The summed E-state index contributed by atoms with van der Waals surface area (Å²) in [5, 5.41) is 12.4. The molecule has 2 atom stereocenters. The third kappa shape index (κ3) is 5.86. The molecule has 16 heavy (non-hydrogen) atoms. The lowest BCUT2D eigenvalue weighted by Crippen LogP contribution is -2.34. The van der Waals surface area contributed by atoms with Gasteiger partial charge in [-0.25, -0.2) is 0 Å². The Morgan fingerprint density at radius 3 is 2.69 bits per heavy atom. The van der Waals surface area contributed by atoms with Crippen LogP contribution in [0.25, 0.3) is 0 Å². The minimum Gasteiger partial charge on any atom is -0.396 e. The third-order valence-corrected chi connectivity index (χ3v) is 3.88. The quantitative estimate of drug-likeness (QED) is 0.625. The molecule has 0 saturated heterocycles. The van der Waals surface area contributed by atoms with E-state index in [0.717, 1.165) is 18.4 Å². The average Bonchev–Trinajstić information content (AvgIpc) is 2.34. The lowest BCUT2D eigenvalue weighted by atomic mass is 9.84. The van der Waals surface area contributed by atoms with Crippen molar-refractivity contribution in [3.8, 4) is 0 Å². The molecule has 0 amide bonds. The van der Waals surface area contributed by atoms with Gasteiger partial charge in [-0.05, 0) is 38.1 Å². The third-order valence-electron chi connectivity index (χ3n) is 3.88. The molecule has 2 N–H and O–H groups in total. The Morgan fingerprint density at radius 2 is 1.94 bits per heavy atom. The lowest BCUT2D eigenvalue weighted by Gasteiger charge is -2.29. The molecule has 0 aromatic rings. The van der Waals surface area contributed by atoms with Gasteiger partial charge in [-0.15, -0.1) is 0 Å². The second-order valence-electron chi connectivity index (χ2n) is 5.23. The fourth-order valence-corrected chi connectivity index (χ4v) is 2.74. The minimum atomic E-state index is 0.355. The van der Waals surface area contributed by atoms with Gasteiger partial charge in [-0.2, -0.15) is 0 Å². The van der Waals surface area contributed by atoms with E-state index >= 15 is 0 Å². The highest BCUT2D eigenvalue weighted by Crippen LogP contribution is 2.26. The van der Waals surface area contributed by atoms with Crippen LogP contribution >= 0.6 is 0 Å². The molecule has 2 nitrogen and oxygen atoms in total. The summed E-state index contributed by atoms with van der Waals surface area (Å²) in [7, 11) is 0. The van der Waals surface area contributed by atoms with Gasteiger partial charge < -0.3 is 10.4 Å². The zero-order chi connectivity index (χ0) is 11.6. The van der Waals surface area contributed by atoms with Crippen LogP contribution in [-0.4, -0.2) is 24.3 Å². The van der Waals surface area contributed by atoms with Crippen molar-refractivity contribution in [2.24, 2.45) is 5.92 Å². The Balaban J connectivity index is 1.95. The predicted molar refractivity (Wildman–Crippen MR) is 69.6 cm³/mol. The molecule has 0 aromatic carbocycles. The van der Waals surface area contributed by atoms with Crippen molar-refractivity contribution in [2.45, 2.75) is 70.8 Å². The van der Waals surface area contributed by atoms with Crippen molar-refractivity contribution in [3.63, 3.8) is 0 Å². The maximum absolute atomic E-state index is 8.67. The van der Waals surface area contributed by atoms with Crippen LogP contribution in [0.4, 0.5) is 0 Å². The van der Waals surface area contributed by atoms with Crippen LogP contribution in [0.5, 0.6) is 0 Å². The Labute approximate surface area is 101 Å². The van der Waals surface area contributed by atoms with Crippen molar-refractivity contribution in [1.29, 1.82) is 0 Å². The van der Waals surface area contributed by atoms with Gasteiger partial charge in [-0.3, -0.25) is 0 Å². The molecule has 1 rings (SSSR count). The molecular formula is C14H29NO. The monoisotopic (exact) mass is 227 g/mol. The van der Waals surface area contributed by atoms with Crippen LogP contribution in [0.1, 0.15) is 64.7 Å². The van der Waals surface area contributed by atoms with Gasteiger partial charge in [0, 0.05) is 12.6 Å². The van der Waals surface area contributed by atoms with E-state index in [4.69, 9.17) is 5.11 Å². The highest BCUT2D eigenvalue weighted by atomic mass is 16.2. The van der Waals surface area contributed by atoms with Gasteiger partial charge in [0.05, 0.1) is 0 Å². The number of aliphatic hydroxyl groups is 1. The first-order chi connectivity index (χ1) is 7.86. The molecule has 96 valence electrons. The van der Waals surface area contributed by atoms with Gasteiger partial charge in [0.25, 0.3) is 0 Å². The van der Waals surface area contributed by atoms with Crippen LogP contribution in [0.15, 0.2) is 0 Å². The second-order valence-corrected chi connectivity index (χ2v) is 5.23. The van der Waals surface area contributed by atoms with Crippen LogP contribution in [-0.2, 0) is 0 Å². The van der Waals surface area contributed by atoms with E-state index in [2.05, 4.69) is 12.2 Å². The van der Waals surface area contributed by atoms with Crippen LogP contribution < -0.4 is 5.32 Å². The molecular weight excluding hydrogens is 198 g/mol. The molecule has 1 fully saturated rings. The highest BCUT2D eigenvalue weighted by molar-refractivity contribution is 4.77. The second kappa shape index (κ2) is 9.00. The van der Waals surface area contributed by atoms with Crippen molar-refractivity contribution in [1.82, 2.24) is 5.32 Å². The molecule has 1 aliphatic rings. The summed E-state index contributed by atoms with van der Waals surface area (Å²) in [4.78, 5) is 0. The molecule has 0 radical (unpaired) electrons. The topological polar surface area (TPSA) is 32.3 Å². The van der Waals surface area contributed by atoms with Crippen molar-refractivity contribution in [2.75, 3.05) is 13.2 Å². The summed E-state index contributed by atoms with van der Waals surface area (Å²) in [6.45, 7) is 3.85. The van der Waals surface area contributed by atoms with E-state index < -0.39 is 0 Å². The Morgan fingerprint density at radius 1 is 1.12 bits per heavy atom. The average molecular weight is 227 g/mol. The summed E-state index contributed by atoms with van der Waals surface area (Å²) >= 11 is 0. The zero-order valence-corrected chi connectivity index (χ0v) is 10.9. The fourth-order valence-electron chi connectivity index (χ4n) is 2.74. The molecule has 2 heteroatoms. The zero-order valence-electron chi connectivity index (χ0n) is 10.9. The largest absolute Gasteiger partial charge is 0.396 e. The van der Waals surface area contributed by atoms with Gasteiger partial charge in [0.15, 0.2) is 0 Å². The van der Waals surface area contributed by atoms with Gasteiger partial charge in [0.2, 0.25) is 0 Å². The fraction of sp³-hybridized carbons (Fsp3) is 1.00. The molecule has 2 unspecified atom stereocenters. The van der Waals surface area contributed by atoms with Gasteiger partial charge in [0.1, 0.15) is 0 Å². The number of aliphatic hydroxyl groups excluding tert-OH is 1. The summed E-state index contributed by atoms with van der Waals surface area (Å²) < 4.78 is 0. The van der Waals surface area contributed by atoms with E-state index in [1.165, 1.54) is 57.9 Å². The van der Waals surface area contributed by atoms with E-state index in [0.29, 0.717) is 6.61 Å². The number of nitrogens with one attached hydrogen (secondary N) is 1. The molecule has 1 saturated carbocycles. The first kappa shape index (κ1) is 14.0. The molecule has 0 aromatic heterocycles. The number of hydrogen-bond acceptors (Lipinski definition) is 2. The van der Waals surface area contributed by atoms with Gasteiger partial charge in [-0.1, -0.05) is 39.0 Å². The molecule has 0 aliphatic heterocycles. The highest BCUT2D eigenvalue weighted by Gasteiger charge is 2.19. The SMILES string of the molecule is CCC1CCCC(NCCCCCCO)C1. The Hall–Kier alpha value is -0.0800. The number of unbranched alkanes of at least 4 members (excludes halogenated alkanes) is 3. The van der Waals surface area contributed by atoms with Crippen molar-refractivity contribution < 1.29 is 5.11 Å². The van der Waals surface area contributed by atoms with E-state index in [9.17, 15) is 0 Å². The Kier molecular flexibility index (Phi) is 7.87. The van der Waals surface area contributed by atoms with Crippen LogP contribution in [0.2, 0.25) is 0 Å². The molecule has 0 spiro atoms. The summed E-state index contributed by atoms with van der Waals surface area (Å²) in [5.41, 5.74) is 0. The smallest absolute Gasteiger partial charge is 0.0431 e. The van der Waals surface area contributed by atoms with Crippen LogP contribution in [0.3, 0.4) is 0 Å². The minimum absolute atomic E-state index is 0.355. The van der Waals surface area contributed by atoms with Gasteiger partial charge >= 0.3 is 0 Å². The summed E-state index contributed by atoms with van der Waals surface area (Å²) in [6, 6.07) is 0.788. The standard InChI is InChI=1S/C14H29NO/c1-2-13-8-7-9-14(12-13)15-10-5-3-4-6-11-16/h13-16H,2-12H2,1H3. The number of rotatable bonds is 8. The van der Waals surface area contributed by atoms with E-state index in [1.54, 1.807) is 0 Å². The maximum Gasteiger partial charge on any atom is 0.0431 e. The first-order valence-electron chi connectivity index (χ1n) is 7.21. The number of hydrogen-bond donors (Lipinski definition) is 2. The normalized spacial score (nSPS) is 25.9. The lowest BCUT2D eigenvalue weighted by molar-refractivity contribution is 0.273.